The number of hydrogen-bond donors (Lipinski definition) is 2. The summed E-state index contributed by atoms with van der Waals surface area (Å²) in [6, 6.07) is 2.12. The fourth-order valence-corrected chi connectivity index (χ4v) is 2.61. The summed E-state index contributed by atoms with van der Waals surface area (Å²) in [5.74, 6) is -0.904. The molecule has 1 aliphatic rings. The van der Waals surface area contributed by atoms with Crippen LogP contribution in [-0.4, -0.2) is 29.5 Å². The van der Waals surface area contributed by atoms with E-state index in [1.54, 1.807) is 0 Å². The molecular weight excluding hydrogens is 257 g/mol. The van der Waals surface area contributed by atoms with Gasteiger partial charge in [-0.15, -0.1) is 0 Å². The van der Waals surface area contributed by atoms with Crippen LogP contribution in [0.4, 0.5) is 4.39 Å². The molecule has 1 saturated carbocycles. The molecule has 0 spiro atoms. The summed E-state index contributed by atoms with van der Waals surface area (Å²) in [5.41, 5.74) is 0.0752. The summed E-state index contributed by atoms with van der Waals surface area (Å²) < 4.78 is 13.5. The van der Waals surface area contributed by atoms with Gasteiger partial charge < -0.3 is 10.6 Å². The molecular formula is C15H22FN3O. The van der Waals surface area contributed by atoms with Crippen LogP contribution in [0.2, 0.25) is 0 Å². The van der Waals surface area contributed by atoms with Gasteiger partial charge in [-0.25, -0.2) is 4.39 Å². The molecule has 110 valence electrons. The van der Waals surface area contributed by atoms with E-state index in [1.165, 1.54) is 12.3 Å². The number of carbonyl (C=O) groups is 1. The average molecular weight is 279 g/mol. The summed E-state index contributed by atoms with van der Waals surface area (Å²) in [7, 11) is 0. The number of aromatic nitrogens is 1. The molecule has 0 aliphatic heterocycles. The first kappa shape index (κ1) is 14.9. The largest absolute Gasteiger partial charge is 0.349 e. The monoisotopic (exact) mass is 279 g/mol. The lowest BCUT2D eigenvalue weighted by atomic mass is 9.91. The summed E-state index contributed by atoms with van der Waals surface area (Å²) in [4.78, 5) is 15.6. The molecule has 2 rings (SSSR count). The van der Waals surface area contributed by atoms with Crippen molar-refractivity contribution in [2.45, 2.75) is 51.1 Å². The molecule has 5 heteroatoms. The SMILES string of the molecule is CCCNC1CCC(NC(=O)c2ccncc2F)CC1. The van der Waals surface area contributed by atoms with Gasteiger partial charge in [0, 0.05) is 18.3 Å². The van der Waals surface area contributed by atoms with Gasteiger partial charge in [-0.05, 0) is 44.7 Å². The molecule has 1 fully saturated rings. The number of nitrogens with one attached hydrogen (secondary N) is 2. The lowest BCUT2D eigenvalue weighted by Gasteiger charge is -2.29. The molecule has 1 aromatic rings. The standard InChI is InChI=1S/C15H22FN3O/c1-2-8-18-11-3-5-12(6-4-11)19-15(20)13-7-9-17-10-14(13)16/h7,9-12,18H,2-6,8H2,1H3,(H,19,20). The van der Waals surface area contributed by atoms with E-state index in [9.17, 15) is 9.18 Å². The van der Waals surface area contributed by atoms with Gasteiger partial charge in [-0.1, -0.05) is 6.92 Å². The van der Waals surface area contributed by atoms with Crippen LogP contribution >= 0.6 is 0 Å². The second kappa shape index (κ2) is 7.33. The van der Waals surface area contributed by atoms with Crippen LogP contribution in [0.15, 0.2) is 18.5 Å². The Morgan fingerprint density at radius 1 is 1.35 bits per heavy atom. The summed E-state index contributed by atoms with van der Waals surface area (Å²) >= 11 is 0. The molecule has 1 aliphatic carbocycles. The second-order valence-corrected chi connectivity index (χ2v) is 5.33. The van der Waals surface area contributed by atoms with Gasteiger partial charge in [0.1, 0.15) is 0 Å². The molecule has 0 saturated heterocycles. The van der Waals surface area contributed by atoms with E-state index in [0.29, 0.717) is 6.04 Å². The molecule has 0 radical (unpaired) electrons. The van der Waals surface area contributed by atoms with E-state index >= 15 is 0 Å². The summed E-state index contributed by atoms with van der Waals surface area (Å²) in [6.07, 6.45) is 7.65. The zero-order valence-electron chi connectivity index (χ0n) is 11.9. The first-order valence-corrected chi connectivity index (χ1v) is 7.34. The van der Waals surface area contributed by atoms with Crippen LogP contribution in [0.25, 0.3) is 0 Å². The van der Waals surface area contributed by atoms with Gasteiger partial charge in [-0.3, -0.25) is 9.78 Å². The van der Waals surface area contributed by atoms with E-state index < -0.39 is 5.82 Å². The Hall–Kier alpha value is -1.49. The minimum absolute atomic E-state index is 0.0752. The fourth-order valence-electron chi connectivity index (χ4n) is 2.61. The van der Waals surface area contributed by atoms with Crippen molar-refractivity contribution < 1.29 is 9.18 Å². The van der Waals surface area contributed by atoms with Gasteiger partial charge in [0.15, 0.2) is 5.82 Å². The van der Waals surface area contributed by atoms with Crippen molar-refractivity contribution in [3.63, 3.8) is 0 Å². The van der Waals surface area contributed by atoms with Crippen LogP contribution in [0, 0.1) is 5.82 Å². The third-order valence-electron chi connectivity index (χ3n) is 3.76. The number of carbonyl (C=O) groups excluding carboxylic acids is 1. The highest BCUT2D eigenvalue weighted by Gasteiger charge is 2.23. The highest BCUT2D eigenvalue weighted by atomic mass is 19.1. The molecule has 0 unspecified atom stereocenters. The lowest BCUT2D eigenvalue weighted by Crippen LogP contribution is -2.42. The van der Waals surface area contributed by atoms with Crippen LogP contribution in [-0.2, 0) is 0 Å². The van der Waals surface area contributed by atoms with E-state index in [2.05, 4.69) is 22.5 Å². The highest BCUT2D eigenvalue weighted by molar-refractivity contribution is 5.94. The Morgan fingerprint density at radius 2 is 2.05 bits per heavy atom. The Kier molecular flexibility index (Phi) is 5.47. The van der Waals surface area contributed by atoms with E-state index in [4.69, 9.17) is 0 Å². The third-order valence-corrected chi connectivity index (χ3v) is 3.76. The number of rotatable bonds is 5. The molecule has 1 heterocycles. The number of nitrogens with zero attached hydrogens (tertiary/aromatic N) is 1. The van der Waals surface area contributed by atoms with Crippen LogP contribution < -0.4 is 10.6 Å². The maximum Gasteiger partial charge on any atom is 0.254 e. The summed E-state index contributed by atoms with van der Waals surface area (Å²) in [5, 5.41) is 6.42. The van der Waals surface area contributed by atoms with E-state index in [1.807, 2.05) is 0 Å². The number of halogens is 1. The highest BCUT2D eigenvalue weighted by Crippen LogP contribution is 2.19. The van der Waals surface area contributed by atoms with Crippen LogP contribution in [0.5, 0.6) is 0 Å². The molecule has 1 aromatic heterocycles. The zero-order valence-corrected chi connectivity index (χ0v) is 11.9. The molecule has 0 atom stereocenters. The van der Waals surface area contributed by atoms with E-state index in [-0.39, 0.29) is 17.5 Å². The minimum Gasteiger partial charge on any atom is -0.349 e. The molecule has 0 aromatic carbocycles. The van der Waals surface area contributed by atoms with Crippen molar-refractivity contribution in [3.05, 3.63) is 29.8 Å². The quantitative estimate of drug-likeness (QED) is 0.869. The van der Waals surface area contributed by atoms with Gasteiger partial charge in [0.05, 0.1) is 11.8 Å². The third kappa shape index (κ3) is 4.00. The molecule has 4 nitrogen and oxygen atoms in total. The van der Waals surface area contributed by atoms with Gasteiger partial charge in [0.2, 0.25) is 0 Å². The topological polar surface area (TPSA) is 54.0 Å². The van der Waals surface area contributed by atoms with Gasteiger partial charge >= 0.3 is 0 Å². The predicted molar refractivity (Wildman–Crippen MR) is 76.0 cm³/mol. The average Bonchev–Trinajstić information content (AvgIpc) is 2.47. The van der Waals surface area contributed by atoms with Crippen molar-refractivity contribution in [1.29, 1.82) is 0 Å². The molecule has 1 amide bonds. The lowest BCUT2D eigenvalue weighted by molar-refractivity contribution is 0.0920. The minimum atomic E-state index is -0.566. The Balaban J connectivity index is 1.81. The normalized spacial score (nSPS) is 22.5. The Bertz CT molecular complexity index is 444. The maximum absolute atomic E-state index is 13.5. The number of pyridine rings is 1. The van der Waals surface area contributed by atoms with Crippen molar-refractivity contribution in [1.82, 2.24) is 15.6 Å². The van der Waals surface area contributed by atoms with Crippen molar-refractivity contribution in [2.75, 3.05) is 6.54 Å². The fraction of sp³-hybridized carbons (Fsp3) is 0.600. The van der Waals surface area contributed by atoms with Crippen LogP contribution in [0.1, 0.15) is 49.4 Å². The van der Waals surface area contributed by atoms with Crippen molar-refractivity contribution >= 4 is 5.91 Å². The number of amides is 1. The second-order valence-electron chi connectivity index (χ2n) is 5.33. The first-order chi connectivity index (χ1) is 9.70. The van der Waals surface area contributed by atoms with E-state index in [0.717, 1.165) is 44.8 Å². The van der Waals surface area contributed by atoms with Crippen molar-refractivity contribution in [3.8, 4) is 0 Å². The molecule has 2 N–H and O–H groups in total. The maximum atomic E-state index is 13.5. The Morgan fingerprint density at radius 3 is 2.70 bits per heavy atom. The molecule has 0 bridgehead atoms. The molecule has 20 heavy (non-hydrogen) atoms. The zero-order chi connectivity index (χ0) is 14.4. The smallest absolute Gasteiger partial charge is 0.254 e. The first-order valence-electron chi connectivity index (χ1n) is 7.34. The van der Waals surface area contributed by atoms with Gasteiger partial charge in [0.25, 0.3) is 5.91 Å². The predicted octanol–water partition coefficient (Wildman–Crippen LogP) is 2.26. The van der Waals surface area contributed by atoms with Crippen molar-refractivity contribution in [2.24, 2.45) is 0 Å². The van der Waals surface area contributed by atoms with Crippen LogP contribution in [0.3, 0.4) is 0 Å². The Labute approximate surface area is 119 Å². The van der Waals surface area contributed by atoms with Gasteiger partial charge in [-0.2, -0.15) is 0 Å². The number of hydrogen-bond acceptors (Lipinski definition) is 3. The summed E-state index contributed by atoms with van der Waals surface area (Å²) in [6.45, 7) is 3.20.